The van der Waals surface area contributed by atoms with Crippen LogP contribution in [0.5, 0.6) is 5.75 Å². The Labute approximate surface area is 214 Å². The third kappa shape index (κ3) is 5.83. The van der Waals surface area contributed by atoms with Gasteiger partial charge in [0.2, 0.25) is 5.91 Å². The average molecular weight is 505 g/mol. The number of nitrogens with one attached hydrogen (secondary N) is 1. The number of pyridine rings is 1. The maximum Gasteiger partial charge on any atom is 0.410 e. The molecule has 1 aromatic carbocycles. The SMILES string of the molecule is CCOc1ccccc1C(C)CC(=O)Nc1sc2c(c1C#N)CCN(C(=O)OCc1ccccn1)C2. The van der Waals surface area contributed by atoms with Crippen LogP contribution in [0.15, 0.2) is 48.7 Å². The highest BCUT2D eigenvalue weighted by atomic mass is 32.1. The highest BCUT2D eigenvalue weighted by Crippen LogP contribution is 2.37. The first-order valence-corrected chi connectivity index (χ1v) is 12.7. The second-order valence-electron chi connectivity index (χ2n) is 8.49. The molecule has 0 radical (unpaired) electrons. The molecule has 0 saturated carbocycles. The van der Waals surface area contributed by atoms with Crippen molar-refractivity contribution in [3.8, 4) is 11.8 Å². The Hall–Kier alpha value is -3.90. The predicted octanol–water partition coefficient (Wildman–Crippen LogP) is 5.24. The molecular weight excluding hydrogens is 476 g/mol. The van der Waals surface area contributed by atoms with Crippen LogP contribution < -0.4 is 10.1 Å². The van der Waals surface area contributed by atoms with Gasteiger partial charge in [0.1, 0.15) is 23.4 Å². The summed E-state index contributed by atoms with van der Waals surface area (Å²) in [5.74, 6) is 0.549. The average Bonchev–Trinajstić information content (AvgIpc) is 3.24. The molecule has 2 aromatic heterocycles. The monoisotopic (exact) mass is 504 g/mol. The Morgan fingerprint density at radius 3 is 2.81 bits per heavy atom. The fourth-order valence-corrected chi connectivity index (χ4v) is 5.45. The number of carbonyl (C=O) groups excluding carboxylic acids is 2. The van der Waals surface area contributed by atoms with Crippen LogP contribution in [0.4, 0.5) is 9.80 Å². The molecule has 186 valence electrons. The van der Waals surface area contributed by atoms with Gasteiger partial charge in [0.25, 0.3) is 0 Å². The molecule has 1 aliphatic heterocycles. The molecule has 1 aliphatic rings. The van der Waals surface area contributed by atoms with Crippen LogP contribution in [-0.2, 0) is 29.1 Å². The molecule has 8 nitrogen and oxygen atoms in total. The smallest absolute Gasteiger partial charge is 0.410 e. The van der Waals surface area contributed by atoms with Gasteiger partial charge in [0, 0.05) is 24.0 Å². The molecule has 36 heavy (non-hydrogen) atoms. The number of fused-ring (bicyclic) bond motifs is 1. The standard InChI is InChI=1S/C27H28N4O4S/c1-3-34-23-10-5-4-9-20(23)18(2)14-25(32)30-26-22(15-28)21-11-13-31(16-24(21)36-26)27(33)35-17-19-8-6-7-12-29-19/h4-10,12,18H,3,11,13-14,16-17H2,1-2H3,(H,30,32). The number of carbonyl (C=O) groups is 2. The van der Waals surface area contributed by atoms with E-state index in [2.05, 4.69) is 16.4 Å². The fourth-order valence-electron chi connectivity index (χ4n) is 4.22. The molecule has 1 atom stereocenters. The lowest BCUT2D eigenvalue weighted by molar-refractivity contribution is -0.116. The molecule has 1 N–H and O–H groups in total. The first kappa shape index (κ1) is 25.2. The molecule has 0 bridgehead atoms. The number of thiophene rings is 1. The largest absolute Gasteiger partial charge is 0.494 e. The van der Waals surface area contributed by atoms with Crippen molar-refractivity contribution >= 4 is 28.3 Å². The number of anilines is 1. The minimum Gasteiger partial charge on any atom is -0.494 e. The number of hydrogen-bond acceptors (Lipinski definition) is 7. The van der Waals surface area contributed by atoms with Gasteiger partial charge in [-0.2, -0.15) is 5.26 Å². The third-order valence-corrected chi connectivity index (χ3v) is 7.12. The van der Waals surface area contributed by atoms with E-state index in [1.54, 1.807) is 23.2 Å². The van der Waals surface area contributed by atoms with Gasteiger partial charge in [-0.05, 0) is 48.6 Å². The van der Waals surface area contributed by atoms with Crippen molar-refractivity contribution in [2.45, 2.75) is 45.8 Å². The maximum absolute atomic E-state index is 12.9. The van der Waals surface area contributed by atoms with Crippen molar-refractivity contribution in [3.63, 3.8) is 0 Å². The maximum atomic E-state index is 12.9. The normalized spacial score (nSPS) is 13.3. The van der Waals surface area contributed by atoms with Gasteiger partial charge in [-0.15, -0.1) is 11.3 Å². The lowest BCUT2D eigenvalue weighted by Crippen LogP contribution is -2.35. The Bertz CT molecular complexity index is 1270. The molecule has 2 amide bonds. The molecule has 0 aliphatic carbocycles. The lowest BCUT2D eigenvalue weighted by Gasteiger charge is -2.26. The quantitative estimate of drug-likeness (QED) is 0.450. The van der Waals surface area contributed by atoms with E-state index >= 15 is 0 Å². The van der Waals surface area contributed by atoms with Crippen LogP contribution in [0.25, 0.3) is 0 Å². The van der Waals surface area contributed by atoms with E-state index in [4.69, 9.17) is 9.47 Å². The second-order valence-corrected chi connectivity index (χ2v) is 9.60. The van der Waals surface area contributed by atoms with E-state index in [0.717, 1.165) is 21.8 Å². The lowest BCUT2D eigenvalue weighted by atomic mass is 9.96. The molecule has 3 aromatic rings. The highest BCUT2D eigenvalue weighted by Gasteiger charge is 2.28. The van der Waals surface area contributed by atoms with Gasteiger partial charge >= 0.3 is 6.09 Å². The number of amides is 2. The van der Waals surface area contributed by atoms with Crippen molar-refractivity contribution in [1.29, 1.82) is 5.26 Å². The van der Waals surface area contributed by atoms with Crippen LogP contribution in [0.3, 0.4) is 0 Å². The summed E-state index contributed by atoms with van der Waals surface area (Å²) in [5.41, 5.74) is 3.02. The number of aromatic nitrogens is 1. The van der Waals surface area contributed by atoms with Crippen molar-refractivity contribution in [2.24, 2.45) is 0 Å². The summed E-state index contributed by atoms with van der Waals surface area (Å²) in [6.45, 7) is 5.34. The fraction of sp³-hybridized carbons (Fsp3) is 0.333. The van der Waals surface area contributed by atoms with E-state index in [-0.39, 0.29) is 24.9 Å². The molecule has 9 heteroatoms. The third-order valence-electron chi connectivity index (χ3n) is 5.99. The summed E-state index contributed by atoms with van der Waals surface area (Å²) in [6.07, 6.45) is 2.01. The molecule has 3 heterocycles. The van der Waals surface area contributed by atoms with E-state index in [1.165, 1.54) is 11.3 Å². The first-order valence-electron chi connectivity index (χ1n) is 11.9. The minimum atomic E-state index is -0.425. The molecule has 0 fully saturated rings. The van der Waals surface area contributed by atoms with Gasteiger partial charge in [0.05, 0.1) is 24.4 Å². The number of hydrogen-bond donors (Lipinski definition) is 1. The summed E-state index contributed by atoms with van der Waals surface area (Å²) in [4.78, 5) is 32.1. The van der Waals surface area contributed by atoms with E-state index in [0.29, 0.717) is 42.4 Å². The van der Waals surface area contributed by atoms with E-state index < -0.39 is 6.09 Å². The Morgan fingerprint density at radius 1 is 1.25 bits per heavy atom. The zero-order chi connectivity index (χ0) is 25.5. The number of ether oxygens (including phenoxy) is 2. The summed E-state index contributed by atoms with van der Waals surface area (Å²) in [6, 6.07) is 15.4. The van der Waals surface area contributed by atoms with Crippen LogP contribution >= 0.6 is 11.3 Å². The van der Waals surface area contributed by atoms with E-state index in [1.807, 2.05) is 44.2 Å². The molecule has 1 unspecified atom stereocenters. The summed E-state index contributed by atoms with van der Waals surface area (Å²) in [5, 5.41) is 13.3. The highest BCUT2D eigenvalue weighted by molar-refractivity contribution is 7.16. The zero-order valence-corrected chi connectivity index (χ0v) is 21.1. The van der Waals surface area contributed by atoms with Gasteiger partial charge < -0.3 is 19.7 Å². The summed E-state index contributed by atoms with van der Waals surface area (Å²) >= 11 is 1.34. The molecule has 0 saturated heterocycles. The summed E-state index contributed by atoms with van der Waals surface area (Å²) < 4.78 is 11.1. The predicted molar refractivity (Wildman–Crippen MR) is 137 cm³/mol. The van der Waals surface area contributed by atoms with Crippen LogP contribution in [0.2, 0.25) is 0 Å². The number of rotatable bonds is 8. The van der Waals surface area contributed by atoms with Crippen molar-refractivity contribution in [3.05, 3.63) is 75.9 Å². The zero-order valence-electron chi connectivity index (χ0n) is 20.3. The number of nitrogens with zero attached hydrogens (tertiary/aromatic N) is 3. The summed E-state index contributed by atoms with van der Waals surface area (Å²) in [7, 11) is 0. The van der Waals surface area contributed by atoms with Crippen molar-refractivity contribution in [2.75, 3.05) is 18.5 Å². The number of nitriles is 1. The van der Waals surface area contributed by atoms with Crippen molar-refractivity contribution < 1.29 is 19.1 Å². The van der Waals surface area contributed by atoms with Crippen molar-refractivity contribution in [1.82, 2.24) is 9.88 Å². The first-order chi connectivity index (χ1) is 17.5. The Balaban J connectivity index is 1.40. The minimum absolute atomic E-state index is 0.0581. The second kappa shape index (κ2) is 11.7. The topological polar surface area (TPSA) is 105 Å². The number of benzene rings is 1. The van der Waals surface area contributed by atoms with E-state index in [9.17, 15) is 14.9 Å². The van der Waals surface area contributed by atoms with Crippen LogP contribution in [-0.4, -0.2) is 35.0 Å². The van der Waals surface area contributed by atoms with Crippen LogP contribution in [0.1, 0.15) is 53.4 Å². The molecule has 0 spiro atoms. The molecular formula is C27H28N4O4S. The Morgan fingerprint density at radius 2 is 2.06 bits per heavy atom. The van der Waals surface area contributed by atoms with Gasteiger partial charge in [-0.1, -0.05) is 31.2 Å². The van der Waals surface area contributed by atoms with Gasteiger partial charge in [-0.25, -0.2) is 4.79 Å². The molecule has 4 rings (SSSR count). The number of para-hydroxylation sites is 1. The van der Waals surface area contributed by atoms with Crippen LogP contribution in [0, 0.1) is 11.3 Å². The Kier molecular flexibility index (Phi) is 8.18. The van der Waals surface area contributed by atoms with Gasteiger partial charge in [-0.3, -0.25) is 9.78 Å². The van der Waals surface area contributed by atoms with Gasteiger partial charge in [0.15, 0.2) is 0 Å².